The van der Waals surface area contributed by atoms with E-state index >= 15 is 0 Å². The number of hydrogen-bond acceptors (Lipinski definition) is 5. The van der Waals surface area contributed by atoms with Crippen molar-refractivity contribution in [2.24, 2.45) is 11.8 Å². The number of aliphatic hydroxyl groups is 2. The third kappa shape index (κ3) is 3.53. The summed E-state index contributed by atoms with van der Waals surface area (Å²) < 4.78 is 18.6. The van der Waals surface area contributed by atoms with Crippen molar-refractivity contribution < 1.29 is 24.1 Å². The van der Waals surface area contributed by atoms with Crippen molar-refractivity contribution in [1.29, 1.82) is 0 Å². The van der Waals surface area contributed by atoms with Crippen LogP contribution in [-0.2, 0) is 13.9 Å². The molecule has 5 nitrogen and oxygen atoms in total. The Balaban J connectivity index is 2.22. The highest BCUT2D eigenvalue weighted by Crippen LogP contribution is 2.47. The van der Waals surface area contributed by atoms with E-state index in [0.29, 0.717) is 13.0 Å². The van der Waals surface area contributed by atoms with E-state index in [4.69, 9.17) is 13.9 Å². The van der Waals surface area contributed by atoms with Gasteiger partial charge in [-0.3, -0.25) is 0 Å². The zero-order chi connectivity index (χ0) is 17.6. The molecule has 0 aromatic rings. The molecule has 2 rings (SSSR count). The van der Waals surface area contributed by atoms with E-state index in [1.807, 2.05) is 0 Å². The lowest BCUT2D eigenvalue weighted by atomic mass is 9.78. The zero-order valence-corrected chi connectivity index (χ0v) is 16.6. The molecule has 0 bridgehead atoms. The summed E-state index contributed by atoms with van der Waals surface area (Å²) in [6.07, 6.45) is -0.604. The van der Waals surface area contributed by atoms with Crippen LogP contribution in [0.15, 0.2) is 0 Å². The van der Waals surface area contributed by atoms with Crippen molar-refractivity contribution in [1.82, 2.24) is 0 Å². The highest BCUT2D eigenvalue weighted by molar-refractivity contribution is 6.74. The van der Waals surface area contributed by atoms with Crippen LogP contribution in [-0.4, -0.2) is 55.8 Å². The molecule has 6 heteroatoms. The molecule has 6 atom stereocenters. The lowest BCUT2D eigenvalue weighted by Gasteiger charge is -2.52. The molecule has 2 heterocycles. The summed E-state index contributed by atoms with van der Waals surface area (Å²) in [4.78, 5) is 0. The van der Waals surface area contributed by atoms with E-state index in [2.05, 4.69) is 47.7 Å². The monoisotopic (exact) mass is 346 g/mol. The second-order valence-electron chi connectivity index (χ2n) is 8.81. The topological polar surface area (TPSA) is 68.2 Å². The largest absolute Gasteiger partial charge is 0.411 e. The Labute approximate surface area is 141 Å². The summed E-state index contributed by atoms with van der Waals surface area (Å²) >= 11 is 0. The Morgan fingerprint density at radius 1 is 1.26 bits per heavy atom. The van der Waals surface area contributed by atoms with E-state index in [-0.39, 0.29) is 29.6 Å². The van der Waals surface area contributed by atoms with Gasteiger partial charge in [-0.05, 0) is 24.1 Å². The van der Waals surface area contributed by atoms with E-state index in [0.717, 1.165) is 0 Å². The van der Waals surface area contributed by atoms with Gasteiger partial charge in [0, 0.05) is 12.3 Å². The van der Waals surface area contributed by atoms with Crippen LogP contribution in [0.3, 0.4) is 0 Å². The maximum atomic E-state index is 9.88. The molecule has 0 aromatic carbocycles. The van der Waals surface area contributed by atoms with Crippen LogP contribution >= 0.6 is 0 Å². The predicted octanol–water partition coefficient (Wildman–Crippen LogP) is 2.52. The van der Waals surface area contributed by atoms with Gasteiger partial charge in [0.1, 0.15) is 6.10 Å². The summed E-state index contributed by atoms with van der Waals surface area (Å²) in [5.41, 5.74) is 0. The number of rotatable bonds is 3. The molecule has 0 aliphatic carbocycles. The summed E-state index contributed by atoms with van der Waals surface area (Å²) in [7, 11) is -1.97. The van der Waals surface area contributed by atoms with Gasteiger partial charge in [0.15, 0.2) is 14.1 Å². The van der Waals surface area contributed by atoms with Gasteiger partial charge in [0.2, 0.25) is 0 Å². The van der Waals surface area contributed by atoms with Crippen molar-refractivity contribution in [2.45, 2.75) is 83.3 Å². The van der Waals surface area contributed by atoms with Crippen molar-refractivity contribution >= 4 is 8.32 Å². The van der Waals surface area contributed by atoms with E-state index in [1.165, 1.54) is 0 Å². The second-order valence-corrected chi connectivity index (χ2v) is 13.6. The maximum absolute atomic E-state index is 9.88. The lowest BCUT2D eigenvalue weighted by Crippen LogP contribution is -2.61. The van der Waals surface area contributed by atoms with Crippen molar-refractivity contribution in [3.8, 4) is 0 Å². The fraction of sp³-hybridized carbons (Fsp3) is 1.00. The molecule has 2 saturated heterocycles. The molecule has 2 aliphatic heterocycles. The minimum atomic E-state index is -1.97. The summed E-state index contributed by atoms with van der Waals surface area (Å²) in [6, 6.07) is 0. The molecule has 2 N–H and O–H groups in total. The Hall–Kier alpha value is 0.0169. The van der Waals surface area contributed by atoms with E-state index < -0.39 is 26.3 Å². The molecule has 136 valence electrons. The van der Waals surface area contributed by atoms with Crippen LogP contribution in [0, 0.1) is 11.8 Å². The van der Waals surface area contributed by atoms with E-state index in [1.54, 1.807) is 0 Å². The van der Waals surface area contributed by atoms with Crippen LogP contribution in [0.1, 0.15) is 41.0 Å². The van der Waals surface area contributed by atoms with Gasteiger partial charge in [-0.15, -0.1) is 0 Å². The molecule has 0 aromatic heterocycles. The highest BCUT2D eigenvalue weighted by Gasteiger charge is 2.56. The number of aliphatic hydroxyl groups excluding tert-OH is 2. The molecular weight excluding hydrogens is 312 g/mol. The van der Waals surface area contributed by atoms with Crippen molar-refractivity contribution in [3.05, 3.63) is 0 Å². The fourth-order valence-electron chi connectivity index (χ4n) is 3.38. The van der Waals surface area contributed by atoms with Crippen LogP contribution in [0.4, 0.5) is 0 Å². The molecule has 0 amide bonds. The standard InChI is InChI=1S/C17H34O5Si/c1-11-12(2)17(8-13(19)10-20-17)21-14(9-18)15(11)22-23(6,7)16(3,4)5/h11-15,18-19H,8-10H2,1-7H3/t11-,12-,13-,14-,15+,17?/m0/s1. The Bertz CT molecular complexity index is 420. The predicted molar refractivity (Wildman–Crippen MR) is 91.7 cm³/mol. The summed E-state index contributed by atoms with van der Waals surface area (Å²) in [5, 5.41) is 19.8. The summed E-state index contributed by atoms with van der Waals surface area (Å²) in [5.74, 6) is -0.517. The quantitative estimate of drug-likeness (QED) is 0.769. The third-order valence-corrected chi connectivity index (χ3v) is 10.6. The molecule has 23 heavy (non-hydrogen) atoms. The van der Waals surface area contributed by atoms with Gasteiger partial charge in [0.05, 0.1) is 25.4 Å². The first-order valence-corrected chi connectivity index (χ1v) is 11.6. The van der Waals surface area contributed by atoms with Gasteiger partial charge in [-0.1, -0.05) is 34.6 Å². The van der Waals surface area contributed by atoms with Gasteiger partial charge >= 0.3 is 0 Å². The maximum Gasteiger partial charge on any atom is 0.192 e. The minimum absolute atomic E-state index is 0.0946. The van der Waals surface area contributed by atoms with Gasteiger partial charge in [-0.2, -0.15) is 0 Å². The van der Waals surface area contributed by atoms with Gasteiger partial charge < -0.3 is 24.1 Å². The first kappa shape index (κ1) is 19.3. The molecule has 2 fully saturated rings. The second kappa shape index (κ2) is 6.39. The Morgan fingerprint density at radius 3 is 2.30 bits per heavy atom. The molecular formula is C17H34O5Si. The van der Waals surface area contributed by atoms with Crippen molar-refractivity contribution in [2.75, 3.05) is 13.2 Å². The SMILES string of the molecule is C[C@@H]1[C@@H](O[Si](C)(C)C(C)(C)C)[C@H](CO)OC2(C[C@H](O)CO2)[C@H]1C. The average molecular weight is 347 g/mol. The third-order valence-electron chi connectivity index (χ3n) is 6.17. The molecule has 0 radical (unpaired) electrons. The highest BCUT2D eigenvalue weighted by atomic mass is 28.4. The number of hydrogen-bond donors (Lipinski definition) is 2. The first-order chi connectivity index (χ1) is 10.4. The smallest absolute Gasteiger partial charge is 0.192 e. The number of ether oxygens (including phenoxy) is 2. The van der Waals surface area contributed by atoms with Crippen molar-refractivity contribution in [3.63, 3.8) is 0 Å². The van der Waals surface area contributed by atoms with Gasteiger partial charge in [0.25, 0.3) is 0 Å². The van der Waals surface area contributed by atoms with Crippen LogP contribution < -0.4 is 0 Å². The van der Waals surface area contributed by atoms with Crippen LogP contribution in [0.25, 0.3) is 0 Å². The summed E-state index contributed by atoms with van der Waals surface area (Å²) in [6.45, 7) is 15.5. The lowest BCUT2D eigenvalue weighted by molar-refractivity contribution is -0.320. The normalized spacial score (nSPS) is 42.4. The molecule has 1 spiro atoms. The Morgan fingerprint density at radius 2 is 1.87 bits per heavy atom. The first-order valence-electron chi connectivity index (χ1n) is 8.72. The Kier molecular flexibility index (Phi) is 5.37. The molecule has 2 aliphatic rings. The zero-order valence-electron chi connectivity index (χ0n) is 15.6. The van der Waals surface area contributed by atoms with E-state index in [9.17, 15) is 10.2 Å². The van der Waals surface area contributed by atoms with Crippen LogP contribution in [0.2, 0.25) is 18.1 Å². The molecule has 0 saturated carbocycles. The fourth-order valence-corrected chi connectivity index (χ4v) is 4.78. The minimum Gasteiger partial charge on any atom is -0.411 e. The van der Waals surface area contributed by atoms with Crippen LogP contribution in [0.5, 0.6) is 0 Å². The molecule has 1 unspecified atom stereocenters. The van der Waals surface area contributed by atoms with Gasteiger partial charge in [-0.25, -0.2) is 0 Å². The average Bonchev–Trinajstić information content (AvgIpc) is 2.80.